The van der Waals surface area contributed by atoms with Crippen LogP contribution in [-0.4, -0.2) is 18.6 Å². The third kappa shape index (κ3) is 4.02. The molecule has 2 aromatic heterocycles. The maximum Gasteiger partial charge on any atom is 0.134 e. The lowest BCUT2D eigenvalue weighted by atomic mass is 10.1. The standard InChI is InChI=1S/C22H21ClN2O2/c1-26-18-6-8-21-20(12-18)16(13-25-21)10-11-24-14-19-7-9-22(27-19)15-2-4-17(23)5-3-15/h2-9,12-13,24-25H,10-11,14H2,1H3. The quantitative estimate of drug-likeness (QED) is 0.421. The molecule has 4 aromatic rings. The van der Waals surface area contributed by atoms with Crippen LogP contribution in [0.5, 0.6) is 5.75 Å². The minimum Gasteiger partial charge on any atom is -0.497 e. The molecule has 2 N–H and O–H groups in total. The Labute approximate surface area is 163 Å². The third-order valence-corrected chi connectivity index (χ3v) is 4.89. The van der Waals surface area contributed by atoms with Gasteiger partial charge in [0.2, 0.25) is 0 Å². The Balaban J connectivity index is 1.34. The summed E-state index contributed by atoms with van der Waals surface area (Å²) >= 11 is 5.93. The number of hydrogen-bond donors (Lipinski definition) is 2. The highest BCUT2D eigenvalue weighted by Gasteiger charge is 2.07. The molecule has 2 aromatic carbocycles. The normalized spacial score (nSPS) is 11.2. The topological polar surface area (TPSA) is 50.2 Å². The molecule has 0 aliphatic carbocycles. The Kier molecular flexibility index (Phi) is 5.19. The van der Waals surface area contributed by atoms with Crippen LogP contribution in [0.25, 0.3) is 22.2 Å². The number of aromatic amines is 1. The van der Waals surface area contributed by atoms with Gasteiger partial charge in [-0.05, 0) is 73.1 Å². The van der Waals surface area contributed by atoms with Gasteiger partial charge < -0.3 is 19.5 Å². The van der Waals surface area contributed by atoms with Gasteiger partial charge in [-0.3, -0.25) is 0 Å². The highest BCUT2D eigenvalue weighted by Crippen LogP contribution is 2.25. The van der Waals surface area contributed by atoms with Crippen molar-refractivity contribution in [2.24, 2.45) is 0 Å². The molecule has 0 saturated carbocycles. The van der Waals surface area contributed by atoms with Crippen LogP contribution >= 0.6 is 11.6 Å². The van der Waals surface area contributed by atoms with E-state index in [0.29, 0.717) is 6.54 Å². The van der Waals surface area contributed by atoms with Gasteiger partial charge in [0, 0.05) is 27.7 Å². The molecule has 0 amide bonds. The van der Waals surface area contributed by atoms with E-state index >= 15 is 0 Å². The molecule has 5 heteroatoms. The molecule has 27 heavy (non-hydrogen) atoms. The van der Waals surface area contributed by atoms with Crippen molar-refractivity contribution in [1.29, 1.82) is 0 Å². The number of halogens is 1. The predicted octanol–water partition coefficient (Wildman–Crippen LogP) is 5.42. The number of ether oxygens (including phenoxy) is 1. The second-order valence-corrected chi connectivity index (χ2v) is 6.86. The minimum atomic E-state index is 0.694. The lowest BCUT2D eigenvalue weighted by Gasteiger charge is -2.04. The van der Waals surface area contributed by atoms with Gasteiger partial charge in [0.05, 0.1) is 13.7 Å². The third-order valence-electron chi connectivity index (χ3n) is 4.64. The molecule has 4 nitrogen and oxygen atoms in total. The van der Waals surface area contributed by atoms with Crippen molar-refractivity contribution in [3.63, 3.8) is 0 Å². The number of benzene rings is 2. The SMILES string of the molecule is COc1ccc2[nH]cc(CCNCc3ccc(-c4ccc(Cl)cc4)o3)c2c1. The van der Waals surface area contributed by atoms with Crippen molar-refractivity contribution in [1.82, 2.24) is 10.3 Å². The van der Waals surface area contributed by atoms with E-state index in [1.54, 1.807) is 7.11 Å². The number of furan rings is 1. The molecule has 0 unspecified atom stereocenters. The van der Waals surface area contributed by atoms with Crippen LogP contribution in [0.1, 0.15) is 11.3 Å². The Morgan fingerprint density at radius 3 is 2.74 bits per heavy atom. The molecule has 4 rings (SSSR count). The number of nitrogens with one attached hydrogen (secondary N) is 2. The highest BCUT2D eigenvalue weighted by molar-refractivity contribution is 6.30. The van der Waals surface area contributed by atoms with E-state index in [-0.39, 0.29) is 0 Å². The average Bonchev–Trinajstić information content (AvgIpc) is 3.32. The van der Waals surface area contributed by atoms with E-state index in [0.717, 1.165) is 46.3 Å². The lowest BCUT2D eigenvalue weighted by molar-refractivity contribution is 0.415. The summed E-state index contributed by atoms with van der Waals surface area (Å²) in [6, 6.07) is 17.8. The first-order valence-corrected chi connectivity index (χ1v) is 9.30. The summed E-state index contributed by atoms with van der Waals surface area (Å²) in [6.45, 7) is 1.56. The predicted molar refractivity (Wildman–Crippen MR) is 109 cm³/mol. The van der Waals surface area contributed by atoms with Gasteiger partial charge in [-0.1, -0.05) is 11.6 Å². The number of hydrogen-bond acceptors (Lipinski definition) is 3. The molecule has 0 bridgehead atoms. The van der Waals surface area contributed by atoms with Gasteiger partial charge in [0.15, 0.2) is 0 Å². The molecule has 0 atom stereocenters. The second-order valence-electron chi connectivity index (χ2n) is 6.43. The molecular weight excluding hydrogens is 360 g/mol. The highest BCUT2D eigenvalue weighted by atomic mass is 35.5. The molecule has 0 aliphatic heterocycles. The first kappa shape index (κ1) is 17.7. The van der Waals surface area contributed by atoms with E-state index in [4.69, 9.17) is 20.8 Å². The van der Waals surface area contributed by atoms with Gasteiger partial charge in [0.1, 0.15) is 17.3 Å². The molecular formula is C22H21ClN2O2. The Bertz CT molecular complexity index is 1030. The zero-order valence-corrected chi connectivity index (χ0v) is 15.8. The van der Waals surface area contributed by atoms with E-state index in [1.165, 1.54) is 10.9 Å². The fourth-order valence-corrected chi connectivity index (χ4v) is 3.29. The van der Waals surface area contributed by atoms with E-state index in [9.17, 15) is 0 Å². The molecule has 0 aliphatic rings. The van der Waals surface area contributed by atoms with E-state index in [1.807, 2.05) is 48.5 Å². The summed E-state index contributed by atoms with van der Waals surface area (Å²) in [5, 5.41) is 5.38. The zero-order valence-electron chi connectivity index (χ0n) is 15.1. The van der Waals surface area contributed by atoms with Crippen molar-refractivity contribution in [3.05, 3.63) is 77.1 Å². The molecule has 138 valence electrons. The number of fused-ring (bicyclic) bond motifs is 1. The summed E-state index contributed by atoms with van der Waals surface area (Å²) in [4.78, 5) is 3.31. The fourth-order valence-electron chi connectivity index (χ4n) is 3.17. The van der Waals surface area contributed by atoms with Crippen molar-refractivity contribution in [3.8, 4) is 17.1 Å². The first-order valence-electron chi connectivity index (χ1n) is 8.92. The zero-order chi connectivity index (χ0) is 18.6. The monoisotopic (exact) mass is 380 g/mol. The van der Waals surface area contributed by atoms with Crippen molar-refractivity contribution in [2.45, 2.75) is 13.0 Å². The second kappa shape index (κ2) is 7.91. The number of methoxy groups -OCH3 is 1. The summed E-state index contributed by atoms with van der Waals surface area (Å²) in [5.74, 6) is 2.65. The molecule has 0 saturated heterocycles. The smallest absolute Gasteiger partial charge is 0.134 e. The molecule has 0 spiro atoms. The Hall–Kier alpha value is -2.69. The van der Waals surface area contributed by atoms with Crippen LogP contribution in [0, 0.1) is 0 Å². The van der Waals surface area contributed by atoms with Crippen LogP contribution in [0.4, 0.5) is 0 Å². The number of rotatable bonds is 7. The fraction of sp³-hybridized carbons (Fsp3) is 0.182. The van der Waals surface area contributed by atoms with Crippen molar-refractivity contribution < 1.29 is 9.15 Å². The van der Waals surface area contributed by atoms with Crippen molar-refractivity contribution in [2.75, 3.05) is 13.7 Å². The van der Waals surface area contributed by atoms with Gasteiger partial charge in [-0.15, -0.1) is 0 Å². The van der Waals surface area contributed by atoms with Crippen LogP contribution in [0.15, 0.2) is 65.2 Å². The summed E-state index contributed by atoms with van der Waals surface area (Å²) < 4.78 is 11.2. The maximum absolute atomic E-state index is 5.93. The number of aromatic nitrogens is 1. The summed E-state index contributed by atoms with van der Waals surface area (Å²) in [6.07, 6.45) is 3.00. The van der Waals surface area contributed by atoms with Crippen LogP contribution in [0.3, 0.4) is 0 Å². The molecule has 2 heterocycles. The first-order chi connectivity index (χ1) is 13.2. The largest absolute Gasteiger partial charge is 0.497 e. The van der Waals surface area contributed by atoms with Gasteiger partial charge >= 0.3 is 0 Å². The van der Waals surface area contributed by atoms with E-state index < -0.39 is 0 Å². The molecule has 0 radical (unpaired) electrons. The summed E-state index contributed by atoms with van der Waals surface area (Å²) in [5.41, 5.74) is 3.43. The van der Waals surface area contributed by atoms with E-state index in [2.05, 4.69) is 22.6 Å². The summed E-state index contributed by atoms with van der Waals surface area (Å²) in [7, 11) is 1.69. The Morgan fingerprint density at radius 1 is 1.07 bits per heavy atom. The minimum absolute atomic E-state index is 0.694. The van der Waals surface area contributed by atoms with Gasteiger partial charge in [-0.25, -0.2) is 0 Å². The van der Waals surface area contributed by atoms with Gasteiger partial charge in [0.25, 0.3) is 0 Å². The molecule has 0 fully saturated rings. The Morgan fingerprint density at radius 2 is 1.93 bits per heavy atom. The van der Waals surface area contributed by atoms with Crippen LogP contribution in [-0.2, 0) is 13.0 Å². The lowest BCUT2D eigenvalue weighted by Crippen LogP contribution is -2.16. The maximum atomic E-state index is 5.93. The van der Waals surface area contributed by atoms with Crippen LogP contribution in [0.2, 0.25) is 5.02 Å². The van der Waals surface area contributed by atoms with Gasteiger partial charge in [-0.2, -0.15) is 0 Å². The number of H-pyrrole nitrogens is 1. The van der Waals surface area contributed by atoms with Crippen molar-refractivity contribution >= 4 is 22.5 Å². The van der Waals surface area contributed by atoms with Crippen LogP contribution < -0.4 is 10.1 Å². The average molecular weight is 381 g/mol.